The van der Waals surface area contributed by atoms with Crippen LogP contribution in [0.4, 0.5) is 11.9 Å². The number of nitrogens with one attached hydrogen (secondary N) is 2. The second-order valence-electron chi connectivity index (χ2n) is 3.53. The summed E-state index contributed by atoms with van der Waals surface area (Å²) in [5.74, 6) is 1.09. The summed E-state index contributed by atoms with van der Waals surface area (Å²) in [7, 11) is 0. The number of ether oxygens (including phenoxy) is 1. The minimum absolute atomic E-state index is 0.375. The number of hydrogen-bond acceptors (Lipinski definition) is 6. The summed E-state index contributed by atoms with van der Waals surface area (Å²) in [6.45, 7) is 8.28. The second kappa shape index (κ2) is 7.65. The van der Waals surface area contributed by atoms with Crippen LogP contribution in [-0.2, 0) is 0 Å². The van der Waals surface area contributed by atoms with Gasteiger partial charge in [-0.25, -0.2) is 0 Å². The topological polar surface area (TPSA) is 72.0 Å². The van der Waals surface area contributed by atoms with E-state index in [9.17, 15) is 0 Å². The first kappa shape index (κ1) is 13.5. The van der Waals surface area contributed by atoms with Gasteiger partial charge in [0.05, 0.1) is 6.61 Å². The van der Waals surface area contributed by atoms with Crippen molar-refractivity contribution in [2.45, 2.75) is 33.6 Å². The smallest absolute Gasteiger partial charge is 0.323 e. The van der Waals surface area contributed by atoms with Gasteiger partial charge in [0, 0.05) is 13.1 Å². The molecule has 0 aliphatic rings. The third-order valence-corrected chi connectivity index (χ3v) is 2.01. The average molecular weight is 239 g/mol. The monoisotopic (exact) mass is 239 g/mol. The van der Waals surface area contributed by atoms with E-state index < -0.39 is 0 Å². The van der Waals surface area contributed by atoms with Gasteiger partial charge in [-0.1, -0.05) is 13.3 Å². The van der Waals surface area contributed by atoms with E-state index in [-0.39, 0.29) is 0 Å². The Bertz CT molecular complexity index is 307. The molecule has 1 aromatic rings. The molecule has 6 heteroatoms. The fourth-order valence-electron chi connectivity index (χ4n) is 1.20. The second-order valence-corrected chi connectivity index (χ2v) is 3.53. The van der Waals surface area contributed by atoms with Crippen LogP contribution in [0.1, 0.15) is 33.6 Å². The van der Waals surface area contributed by atoms with E-state index in [1.165, 1.54) is 0 Å². The SMILES string of the molecule is CCCCOc1nc(NCC)nc(NCC)n1. The third kappa shape index (κ3) is 4.84. The van der Waals surface area contributed by atoms with E-state index in [0.717, 1.165) is 25.9 Å². The third-order valence-electron chi connectivity index (χ3n) is 2.01. The van der Waals surface area contributed by atoms with Crippen molar-refractivity contribution in [3.8, 4) is 6.01 Å². The van der Waals surface area contributed by atoms with Gasteiger partial charge in [0.1, 0.15) is 0 Å². The Morgan fingerprint density at radius 3 is 2.00 bits per heavy atom. The summed E-state index contributed by atoms with van der Waals surface area (Å²) in [5, 5.41) is 6.11. The zero-order valence-electron chi connectivity index (χ0n) is 10.8. The van der Waals surface area contributed by atoms with Crippen LogP contribution in [0.5, 0.6) is 6.01 Å². The molecule has 0 fully saturated rings. The number of nitrogens with zero attached hydrogens (tertiary/aromatic N) is 3. The normalized spacial score (nSPS) is 10.1. The van der Waals surface area contributed by atoms with Crippen LogP contribution in [0.3, 0.4) is 0 Å². The minimum Gasteiger partial charge on any atom is -0.463 e. The molecule has 1 heterocycles. The summed E-state index contributed by atoms with van der Waals surface area (Å²) in [4.78, 5) is 12.6. The summed E-state index contributed by atoms with van der Waals surface area (Å²) < 4.78 is 5.48. The van der Waals surface area contributed by atoms with Gasteiger partial charge < -0.3 is 15.4 Å². The van der Waals surface area contributed by atoms with Crippen LogP contribution in [0.15, 0.2) is 0 Å². The number of hydrogen-bond donors (Lipinski definition) is 2. The molecule has 0 saturated heterocycles. The maximum atomic E-state index is 5.48. The van der Waals surface area contributed by atoms with Crippen molar-refractivity contribution in [1.29, 1.82) is 0 Å². The summed E-state index contributed by atoms with van der Waals surface area (Å²) in [6, 6.07) is 0.375. The number of unbranched alkanes of at least 4 members (excludes halogenated alkanes) is 1. The molecule has 0 bridgehead atoms. The van der Waals surface area contributed by atoms with Gasteiger partial charge in [0.15, 0.2) is 0 Å². The van der Waals surface area contributed by atoms with Crippen molar-refractivity contribution in [1.82, 2.24) is 15.0 Å². The van der Waals surface area contributed by atoms with Crippen LogP contribution in [0.25, 0.3) is 0 Å². The number of anilines is 2. The predicted octanol–water partition coefficient (Wildman–Crippen LogP) is 1.91. The molecule has 0 radical (unpaired) electrons. The highest BCUT2D eigenvalue weighted by atomic mass is 16.5. The summed E-state index contributed by atoms with van der Waals surface area (Å²) >= 11 is 0. The molecule has 96 valence electrons. The van der Waals surface area contributed by atoms with Gasteiger partial charge in [0.25, 0.3) is 0 Å². The van der Waals surface area contributed by atoms with Crippen LogP contribution >= 0.6 is 0 Å². The van der Waals surface area contributed by atoms with Crippen LogP contribution in [0.2, 0.25) is 0 Å². The van der Waals surface area contributed by atoms with Crippen molar-refractivity contribution in [2.24, 2.45) is 0 Å². The van der Waals surface area contributed by atoms with Gasteiger partial charge in [0.2, 0.25) is 11.9 Å². The molecule has 1 rings (SSSR count). The van der Waals surface area contributed by atoms with E-state index in [4.69, 9.17) is 4.74 Å². The fraction of sp³-hybridized carbons (Fsp3) is 0.727. The van der Waals surface area contributed by atoms with E-state index in [2.05, 4.69) is 32.5 Å². The van der Waals surface area contributed by atoms with Crippen LogP contribution in [0, 0.1) is 0 Å². The molecule has 6 nitrogen and oxygen atoms in total. The highest BCUT2D eigenvalue weighted by Gasteiger charge is 2.05. The zero-order chi connectivity index (χ0) is 12.5. The Hall–Kier alpha value is -1.59. The molecule has 0 aliphatic heterocycles. The standard InChI is InChI=1S/C11H21N5O/c1-4-7-8-17-11-15-9(12-5-2)14-10(16-11)13-6-3/h4-8H2,1-3H3,(H2,12,13,14,15,16). The highest BCUT2D eigenvalue weighted by molar-refractivity contribution is 5.35. The molecule has 0 atom stereocenters. The Kier molecular flexibility index (Phi) is 6.06. The quantitative estimate of drug-likeness (QED) is 0.675. The van der Waals surface area contributed by atoms with Crippen molar-refractivity contribution < 1.29 is 4.74 Å². The highest BCUT2D eigenvalue weighted by Crippen LogP contribution is 2.11. The van der Waals surface area contributed by atoms with E-state index in [0.29, 0.717) is 24.5 Å². The molecule has 0 aliphatic carbocycles. The van der Waals surface area contributed by atoms with Crippen LogP contribution < -0.4 is 15.4 Å². The van der Waals surface area contributed by atoms with Crippen molar-refractivity contribution in [3.63, 3.8) is 0 Å². The maximum absolute atomic E-state index is 5.48. The lowest BCUT2D eigenvalue weighted by Crippen LogP contribution is -2.11. The van der Waals surface area contributed by atoms with Gasteiger partial charge in [-0.2, -0.15) is 15.0 Å². The van der Waals surface area contributed by atoms with Gasteiger partial charge in [-0.05, 0) is 20.3 Å². The van der Waals surface area contributed by atoms with E-state index in [1.807, 2.05) is 13.8 Å². The van der Waals surface area contributed by atoms with Crippen molar-refractivity contribution in [2.75, 3.05) is 30.3 Å². The first-order chi connectivity index (χ1) is 8.30. The lowest BCUT2D eigenvalue weighted by Gasteiger charge is -2.08. The van der Waals surface area contributed by atoms with Crippen molar-refractivity contribution in [3.05, 3.63) is 0 Å². The Morgan fingerprint density at radius 1 is 0.941 bits per heavy atom. The molecule has 17 heavy (non-hydrogen) atoms. The molecule has 0 aromatic carbocycles. The molecule has 2 N–H and O–H groups in total. The molecular weight excluding hydrogens is 218 g/mol. The molecule has 0 saturated carbocycles. The van der Waals surface area contributed by atoms with Gasteiger partial charge >= 0.3 is 6.01 Å². The molecule has 1 aromatic heterocycles. The fourth-order valence-corrected chi connectivity index (χ4v) is 1.20. The van der Waals surface area contributed by atoms with E-state index in [1.54, 1.807) is 0 Å². The summed E-state index contributed by atoms with van der Waals surface area (Å²) in [6.07, 6.45) is 2.09. The minimum atomic E-state index is 0.375. The molecule has 0 spiro atoms. The summed E-state index contributed by atoms with van der Waals surface area (Å²) in [5.41, 5.74) is 0. The Balaban J connectivity index is 2.72. The predicted molar refractivity (Wildman–Crippen MR) is 68.6 cm³/mol. The van der Waals surface area contributed by atoms with Crippen molar-refractivity contribution >= 4 is 11.9 Å². The van der Waals surface area contributed by atoms with Gasteiger partial charge in [-0.3, -0.25) is 0 Å². The lowest BCUT2D eigenvalue weighted by molar-refractivity contribution is 0.285. The Labute approximate surface area is 102 Å². The average Bonchev–Trinajstić information content (AvgIpc) is 2.30. The molecular formula is C11H21N5O. The first-order valence-corrected chi connectivity index (χ1v) is 6.16. The molecule has 0 amide bonds. The van der Waals surface area contributed by atoms with E-state index >= 15 is 0 Å². The number of aromatic nitrogens is 3. The lowest BCUT2D eigenvalue weighted by atomic mass is 10.4. The largest absolute Gasteiger partial charge is 0.463 e. The Morgan fingerprint density at radius 2 is 1.53 bits per heavy atom. The maximum Gasteiger partial charge on any atom is 0.323 e. The van der Waals surface area contributed by atoms with Crippen LogP contribution in [-0.4, -0.2) is 34.6 Å². The van der Waals surface area contributed by atoms with Gasteiger partial charge in [-0.15, -0.1) is 0 Å². The zero-order valence-corrected chi connectivity index (χ0v) is 10.8. The first-order valence-electron chi connectivity index (χ1n) is 6.16. The number of rotatable bonds is 8. The molecule has 0 unspecified atom stereocenters.